The van der Waals surface area contributed by atoms with Crippen LogP contribution in [0.2, 0.25) is 5.02 Å². The maximum atomic E-state index is 10.7. The first-order chi connectivity index (χ1) is 11.7. The second-order valence-electron chi connectivity index (χ2n) is 6.95. The Kier molecular flexibility index (Phi) is 4.81. The van der Waals surface area contributed by atoms with Crippen molar-refractivity contribution in [1.82, 2.24) is 9.47 Å². The van der Waals surface area contributed by atoms with Crippen LogP contribution in [-0.2, 0) is 24.1 Å². The summed E-state index contributed by atoms with van der Waals surface area (Å²) in [6, 6.07) is 6.17. The molecule has 4 rings (SSSR count). The van der Waals surface area contributed by atoms with Gasteiger partial charge in [0.1, 0.15) is 0 Å². The van der Waals surface area contributed by atoms with Crippen LogP contribution in [0.5, 0.6) is 0 Å². The quantitative estimate of drug-likeness (QED) is 0.923. The normalized spacial score (nSPS) is 20.2. The molecule has 0 spiro atoms. The van der Waals surface area contributed by atoms with E-state index in [-0.39, 0.29) is 6.10 Å². The fourth-order valence-corrected chi connectivity index (χ4v) is 4.47. The molecule has 5 heteroatoms. The number of rotatable bonds is 4. The van der Waals surface area contributed by atoms with Gasteiger partial charge in [-0.05, 0) is 37.3 Å². The molecular weight excluding hydrogens is 324 g/mol. The molecule has 0 bridgehead atoms. The number of aliphatic hydroxyl groups excluding tert-OH is 1. The van der Waals surface area contributed by atoms with E-state index in [2.05, 4.69) is 15.5 Å². The maximum Gasteiger partial charge on any atom is 0.0845 e. The summed E-state index contributed by atoms with van der Waals surface area (Å²) in [6.45, 7) is 4.65. The third-order valence-electron chi connectivity index (χ3n) is 5.31. The lowest BCUT2D eigenvalue weighted by molar-refractivity contribution is 0.0116. The highest BCUT2D eigenvalue weighted by atomic mass is 35.5. The van der Waals surface area contributed by atoms with Crippen molar-refractivity contribution in [3.63, 3.8) is 0 Å². The van der Waals surface area contributed by atoms with E-state index in [9.17, 15) is 5.11 Å². The zero-order chi connectivity index (χ0) is 16.5. The molecule has 4 nitrogen and oxygen atoms in total. The van der Waals surface area contributed by atoms with Gasteiger partial charge < -0.3 is 14.4 Å². The highest BCUT2D eigenvalue weighted by Gasteiger charge is 2.23. The summed E-state index contributed by atoms with van der Waals surface area (Å²) in [4.78, 5) is 2.29. The van der Waals surface area contributed by atoms with Gasteiger partial charge in [0.25, 0.3) is 0 Å². The first-order valence-corrected chi connectivity index (χ1v) is 9.38. The number of nitrogens with zero attached hydrogens (tertiary/aromatic N) is 2. The molecule has 1 saturated heterocycles. The van der Waals surface area contributed by atoms with Gasteiger partial charge in [0, 0.05) is 30.7 Å². The molecule has 1 aromatic carbocycles. The van der Waals surface area contributed by atoms with Crippen LogP contribution >= 0.6 is 11.6 Å². The van der Waals surface area contributed by atoms with Crippen LogP contribution in [0, 0.1) is 0 Å². The second kappa shape index (κ2) is 7.04. The molecule has 2 heterocycles. The van der Waals surface area contributed by atoms with Crippen molar-refractivity contribution in [3.8, 4) is 0 Å². The molecule has 1 fully saturated rings. The minimum absolute atomic E-state index is 0.388. The van der Waals surface area contributed by atoms with Crippen molar-refractivity contribution in [3.05, 3.63) is 34.5 Å². The second-order valence-corrected chi connectivity index (χ2v) is 7.35. The Balaban J connectivity index is 1.63. The third-order valence-corrected chi connectivity index (χ3v) is 5.62. The Morgan fingerprint density at radius 2 is 1.92 bits per heavy atom. The number of aliphatic hydroxyl groups is 1. The standard InChI is InChI=1S/C19H25ClN2O2/c20-17-6-3-5-16-15-4-1-2-7-18(15)22(19(16)17)13-14(23)12-21-8-10-24-11-9-21/h3,5-6,14,23H,1-2,4,7-13H2. The predicted octanol–water partition coefficient (Wildman–Crippen LogP) is 2.87. The van der Waals surface area contributed by atoms with Crippen molar-refractivity contribution in [2.45, 2.75) is 38.3 Å². The van der Waals surface area contributed by atoms with Gasteiger partial charge in [-0.15, -0.1) is 0 Å². The Bertz CT molecular complexity index is 722. The van der Waals surface area contributed by atoms with Crippen molar-refractivity contribution in [1.29, 1.82) is 0 Å². The SMILES string of the molecule is OC(CN1CCOCC1)Cn1c2c(c3cccc(Cl)c31)CCCC2. The monoisotopic (exact) mass is 348 g/mol. The number of ether oxygens (including phenoxy) is 1. The summed E-state index contributed by atoms with van der Waals surface area (Å²) in [5, 5.41) is 12.7. The van der Waals surface area contributed by atoms with Gasteiger partial charge in [-0.3, -0.25) is 4.90 Å². The predicted molar refractivity (Wildman–Crippen MR) is 96.9 cm³/mol. The Morgan fingerprint density at radius 1 is 1.12 bits per heavy atom. The Hall–Kier alpha value is -1.07. The van der Waals surface area contributed by atoms with Gasteiger partial charge in [-0.25, -0.2) is 0 Å². The minimum Gasteiger partial charge on any atom is -0.390 e. The maximum absolute atomic E-state index is 10.7. The lowest BCUT2D eigenvalue weighted by atomic mass is 9.95. The number of para-hydroxylation sites is 1. The summed E-state index contributed by atoms with van der Waals surface area (Å²) >= 11 is 6.53. The highest BCUT2D eigenvalue weighted by Crippen LogP contribution is 2.35. The van der Waals surface area contributed by atoms with Crippen molar-refractivity contribution < 1.29 is 9.84 Å². The van der Waals surface area contributed by atoms with Crippen LogP contribution in [-0.4, -0.2) is 53.5 Å². The summed E-state index contributed by atoms with van der Waals surface area (Å²) in [5.74, 6) is 0. The van der Waals surface area contributed by atoms with E-state index in [0.717, 1.165) is 49.7 Å². The van der Waals surface area contributed by atoms with Gasteiger partial charge >= 0.3 is 0 Å². The number of hydrogen-bond donors (Lipinski definition) is 1. The zero-order valence-corrected chi connectivity index (χ0v) is 14.8. The first kappa shape index (κ1) is 16.4. The molecule has 24 heavy (non-hydrogen) atoms. The van der Waals surface area contributed by atoms with Gasteiger partial charge in [0.15, 0.2) is 0 Å². The van der Waals surface area contributed by atoms with E-state index in [1.807, 2.05) is 12.1 Å². The molecular formula is C19H25ClN2O2. The fraction of sp³-hybridized carbons (Fsp3) is 0.579. The first-order valence-electron chi connectivity index (χ1n) is 9.00. The highest BCUT2D eigenvalue weighted by molar-refractivity contribution is 6.35. The fourth-order valence-electron chi connectivity index (χ4n) is 4.20. The molecule has 2 aromatic rings. The molecule has 130 valence electrons. The molecule has 0 amide bonds. The Morgan fingerprint density at radius 3 is 2.75 bits per heavy atom. The van der Waals surface area contributed by atoms with Gasteiger partial charge in [0.05, 0.1) is 36.4 Å². The van der Waals surface area contributed by atoms with E-state index in [1.165, 1.54) is 29.5 Å². The van der Waals surface area contributed by atoms with Crippen LogP contribution < -0.4 is 0 Å². The number of benzene rings is 1. The molecule has 1 unspecified atom stereocenters. The molecule has 0 saturated carbocycles. The molecule has 1 aromatic heterocycles. The van der Waals surface area contributed by atoms with Gasteiger partial charge in [0.2, 0.25) is 0 Å². The van der Waals surface area contributed by atoms with Crippen LogP contribution in [0.3, 0.4) is 0 Å². The van der Waals surface area contributed by atoms with E-state index >= 15 is 0 Å². The molecule has 2 aliphatic rings. The van der Waals surface area contributed by atoms with Crippen LogP contribution in [0.1, 0.15) is 24.1 Å². The minimum atomic E-state index is -0.388. The van der Waals surface area contributed by atoms with Crippen molar-refractivity contribution >= 4 is 22.5 Å². The largest absolute Gasteiger partial charge is 0.390 e. The molecule has 1 N–H and O–H groups in total. The number of aryl methyl sites for hydroxylation is 1. The lowest BCUT2D eigenvalue weighted by Gasteiger charge is -2.29. The van der Waals surface area contributed by atoms with Crippen LogP contribution in [0.4, 0.5) is 0 Å². The average Bonchev–Trinajstić information content (AvgIpc) is 2.91. The molecule has 0 radical (unpaired) electrons. The topological polar surface area (TPSA) is 37.6 Å². The summed E-state index contributed by atoms with van der Waals surface area (Å²) in [5.41, 5.74) is 3.93. The number of hydrogen-bond acceptors (Lipinski definition) is 3. The van der Waals surface area contributed by atoms with E-state index in [4.69, 9.17) is 16.3 Å². The summed E-state index contributed by atoms with van der Waals surface area (Å²) < 4.78 is 7.68. The number of fused-ring (bicyclic) bond motifs is 3. The van der Waals surface area contributed by atoms with Gasteiger partial charge in [-0.2, -0.15) is 0 Å². The summed E-state index contributed by atoms with van der Waals surface area (Å²) in [7, 11) is 0. The van der Waals surface area contributed by atoms with Crippen LogP contribution in [0.25, 0.3) is 10.9 Å². The number of aromatic nitrogens is 1. The van der Waals surface area contributed by atoms with E-state index in [1.54, 1.807) is 0 Å². The van der Waals surface area contributed by atoms with Crippen LogP contribution in [0.15, 0.2) is 18.2 Å². The number of β-amino-alcohol motifs (C(OH)–C–C–N with tert-alkyl or cyclic N) is 1. The van der Waals surface area contributed by atoms with Crippen molar-refractivity contribution in [2.24, 2.45) is 0 Å². The number of morpholine rings is 1. The van der Waals surface area contributed by atoms with E-state index < -0.39 is 0 Å². The zero-order valence-electron chi connectivity index (χ0n) is 14.0. The lowest BCUT2D eigenvalue weighted by Crippen LogP contribution is -2.42. The van der Waals surface area contributed by atoms with Crippen molar-refractivity contribution in [2.75, 3.05) is 32.8 Å². The molecule has 1 atom stereocenters. The molecule has 1 aliphatic carbocycles. The molecule has 1 aliphatic heterocycles. The number of halogens is 1. The summed E-state index contributed by atoms with van der Waals surface area (Å²) in [6.07, 6.45) is 4.29. The Labute approximate surface area is 148 Å². The van der Waals surface area contributed by atoms with E-state index in [0.29, 0.717) is 13.1 Å². The van der Waals surface area contributed by atoms with Gasteiger partial charge in [-0.1, -0.05) is 23.7 Å². The third kappa shape index (κ3) is 3.08. The average molecular weight is 349 g/mol. The smallest absolute Gasteiger partial charge is 0.0845 e.